The van der Waals surface area contributed by atoms with Crippen LogP contribution < -0.4 is 16.0 Å². The quantitative estimate of drug-likeness (QED) is 0.572. The SMILES string of the molecule is Nc1ccc2c(n1)CC[C@H]2NC(=O)c1cn(Cc2ccc(N3CC4CC4C3)nc2C(F)(F)F)nn1. The molecule has 9 nitrogen and oxygen atoms in total. The molecule has 4 heterocycles. The van der Waals surface area contributed by atoms with E-state index >= 15 is 0 Å². The van der Waals surface area contributed by atoms with Crippen molar-refractivity contribution in [3.63, 3.8) is 0 Å². The minimum Gasteiger partial charge on any atom is -0.384 e. The zero-order valence-electron chi connectivity index (χ0n) is 18.7. The molecule has 3 aromatic heterocycles. The van der Waals surface area contributed by atoms with Gasteiger partial charge in [0, 0.05) is 24.3 Å². The zero-order chi connectivity index (χ0) is 24.3. The van der Waals surface area contributed by atoms with Crippen LogP contribution in [-0.2, 0) is 19.1 Å². The maximum absolute atomic E-state index is 13.8. The van der Waals surface area contributed by atoms with Gasteiger partial charge in [-0.2, -0.15) is 13.2 Å². The Balaban J connectivity index is 1.17. The molecule has 3 aromatic rings. The molecule has 0 radical (unpaired) electrons. The number of nitrogens with two attached hydrogens (primary N) is 1. The van der Waals surface area contributed by atoms with Crippen molar-refractivity contribution in [2.45, 2.75) is 38.0 Å². The van der Waals surface area contributed by atoms with E-state index in [1.54, 1.807) is 12.1 Å². The number of fused-ring (bicyclic) bond motifs is 2. The molecule has 12 heteroatoms. The highest BCUT2D eigenvalue weighted by Crippen LogP contribution is 2.46. The third-order valence-electron chi connectivity index (χ3n) is 7.02. The first kappa shape index (κ1) is 21.8. The molecular formula is C23H23F3N8O. The van der Waals surface area contributed by atoms with Gasteiger partial charge in [-0.1, -0.05) is 17.3 Å². The van der Waals surface area contributed by atoms with Crippen LogP contribution in [0, 0.1) is 11.8 Å². The second-order valence-electron chi connectivity index (χ2n) is 9.47. The number of anilines is 2. The summed E-state index contributed by atoms with van der Waals surface area (Å²) in [5.74, 6) is 1.48. The maximum atomic E-state index is 13.8. The van der Waals surface area contributed by atoms with Crippen LogP contribution in [0.5, 0.6) is 0 Å². The fraction of sp³-hybridized carbons (Fsp3) is 0.435. The number of alkyl halides is 3. The number of nitrogen functional groups attached to an aromatic ring is 1. The summed E-state index contributed by atoms with van der Waals surface area (Å²) >= 11 is 0. The van der Waals surface area contributed by atoms with Crippen molar-refractivity contribution in [3.05, 3.63) is 58.7 Å². The summed E-state index contributed by atoms with van der Waals surface area (Å²) in [5, 5.41) is 10.6. The third-order valence-corrected chi connectivity index (χ3v) is 7.02. The van der Waals surface area contributed by atoms with Gasteiger partial charge in [-0.15, -0.1) is 5.10 Å². The van der Waals surface area contributed by atoms with E-state index < -0.39 is 17.8 Å². The Morgan fingerprint density at radius 2 is 1.94 bits per heavy atom. The van der Waals surface area contributed by atoms with E-state index in [2.05, 4.69) is 25.6 Å². The molecule has 1 amide bonds. The number of piperidine rings is 1. The van der Waals surface area contributed by atoms with Crippen LogP contribution in [0.25, 0.3) is 0 Å². The average molecular weight is 484 g/mol. The predicted molar refractivity (Wildman–Crippen MR) is 119 cm³/mol. The molecule has 1 saturated carbocycles. The number of amides is 1. The molecule has 182 valence electrons. The van der Waals surface area contributed by atoms with Gasteiger partial charge in [0.05, 0.1) is 18.8 Å². The molecular weight excluding hydrogens is 461 g/mol. The van der Waals surface area contributed by atoms with Crippen molar-refractivity contribution < 1.29 is 18.0 Å². The van der Waals surface area contributed by atoms with E-state index in [4.69, 9.17) is 5.73 Å². The van der Waals surface area contributed by atoms with E-state index in [-0.39, 0.29) is 23.8 Å². The first-order chi connectivity index (χ1) is 16.7. The lowest BCUT2D eigenvalue weighted by Gasteiger charge is -2.21. The van der Waals surface area contributed by atoms with Gasteiger partial charge in [-0.05, 0) is 48.8 Å². The number of hydrogen-bond acceptors (Lipinski definition) is 7. The Hall–Kier alpha value is -3.70. The summed E-state index contributed by atoms with van der Waals surface area (Å²) in [5.41, 5.74) is 6.52. The average Bonchev–Trinajstić information content (AvgIpc) is 3.17. The van der Waals surface area contributed by atoms with Crippen molar-refractivity contribution >= 4 is 17.5 Å². The smallest absolute Gasteiger partial charge is 0.384 e. The molecule has 2 unspecified atom stereocenters. The van der Waals surface area contributed by atoms with Gasteiger partial charge in [0.25, 0.3) is 5.91 Å². The number of carbonyl (C=O) groups is 1. The summed E-state index contributed by atoms with van der Waals surface area (Å²) in [4.78, 5) is 22.9. The molecule has 2 fully saturated rings. The standard InChI is InChI=1S/C23H23F3N8O/c24-23(25,26)21-12(1-6-20(30-21)33-8-13-7-14(13)9-33)10-34-11-18(31-32-34)22(35)29-17-4-3-16-15(17)2-5-19(27)28-16/h1-2,5-6,11,13-14,17H,3-4,7-10H2,(H2,27,28)(H,29,35)/t13?,14?,17-/m1/s1. The maximum Gasteiger partial charge on any atom is 0.433 e. The molecule has 3 N–H and O–H groups in total. The summed E-state index contributed by atoms with van der Waals surface area (Å²) in [6, 6.07) is 6.35. The topological polar surface area (TPSA) is 115 Å². The van der Waals surface area contributed by atoms with Crippen LogP contribution in [0.3, 0.4) is 0 Å². The molecule has 0 aromatic carbocycles. The number of pyridine rings is 2. The third kappa shape index (κ3) is 4.17. The fourth-order valence-electron chi connectivity index (χ4n) is 5.13. The minimum absolute atomic E-state index is 0.0243. The molecule has 1 aliphatic heterocycles. The van der Waals surface area contributed by atoms with Crippen LogP contribution in [-0.4, -0.2) is 44.0 Å². The summed E-state index contributed by atoms with van der Waals surface area (Å²) < 4.78 is 42.6. The van der Waals surface area contributed by atoms with Gasteiger partial charge >= 0.3 is 6.18 Å². The Kier molecular flexibility index (Phi) is 4.94. The lowest BCUT2D eigenvalue weighted by molar-refractivity contribution is -0.141. The first-order valence-electron chi connectivity index (χ1n) is 11.5. The molecule has 6 rings (SSSR count). The van der Waals surface area contributed by atoms with Crippen LogP contribution in [0.2, 0.25) is 0 Å². The van der Waals surface area contributed by atoms with Gasteiger partial charge in [-0.3, -0.25) is 4.79 Å². The summed E-state index contributed by atoms with van der Waals surface area (Å²) in [6.45, 7) is 1.30. The van der Waals surface area contributed by atoms with E-state index in [1.807, 2.05) is 11.0 Å². The number of aromatic nitrogens is 5. The number of nitrogens with zero attached hydrogens (tertiary/aromatic N) is 6. The number of rotatable bonds is 5. The van der Waals surface area contributed by atoms with E-state index in [0.717, 1.165) is 30.8 Å². The van der Waals surface area contributed by atoms with Crippen molar-refractivity contribution in [1.82, 2.24) is 30.3 Å². The normalized spacial score (nSPS) is 22.7. The Labute approximate surface area is 198 Å². The highest BCUT2D eigenvalue weighted by molar-refractivity contribution is 5.92. The summed E-state index contributed by atoms with van der Waals surface area (Å²) in [6.07, 6.45) is -0.741. The van der Waals surface area contributed by atoms with Gasteiger partial charge in [0.15, 0.2) is 11.4 Å². The van der Waals surface area contributed by atoms with Crippen LogP contribution in [0.1, 0.15) is 51.9 Å². The predicted octanol–water partition coefficient (Wildman–Crippen LogP) is 2.59. The lowest BCUT2D eigenvalue weighted by Crippen LogP contribution is -2.27. The van der Waals surface area contributed by atoms with E-state index in [0.29, 0.717) is 36.3 Å². The van der Waals surface area contributed by atoms with Gasteiger partial charge in [0.1, 0.15) is 11.6 Å². The van der Waals surface area contributed by atoms with E-state index in [9.17, 15) is 18.0 Å². The Bertz CT molecular complexity index is 1300. The number of aryl methyl sites for hydroxylation is 1. The monoisotopic (exact) mass is 484 g/mol. The molecule has 3 aliphatic rings. The van der Waals surface area contributed by atoms with Crippen molar-refractivity contribution in [2.24, 2.45) is 11.8 Å². The molecule has 1 saturated heterocycles. The highest BCUT2D eigenvalue weighted by atomic mass is 19.4. The molecule has 35 heavy (non-hydrogen) atoms. The second kappa shape index (κ2) is 7.92. The van der Waals surface area contributed by atoms with Crippen molar-refractivity contribution in [2.75, 3.05) is 23.7 Å². The lowest BCUT2D eigenvalue weighted by atomic mass is 10.1. The zero-order valence-corrected chi connectivity index (χ0v) is 18.7. The number of carbonyl (C=O) groups excluding carboxylic acids is 1. The van der Waals surface area contributed by atoms with Gasteiger partial charge in [-0.25, -0.2) is 14.6 Å². The van der Waals surface area contributed by atoms with Gasteiger partial charge in [0.2, 0.25) is 0 Å². The number of hydrogen-bond donors (Lipinski definition) is 2. The number of halogens is 3. The Morgan fingerprint density at radius 1 is 1.14 bits per heavy atom. The molecule has 3 atom stereocenters. The minimum atomic E-state index is -4.61. The Morgan fingerprint density at radius 3 is 2.71 bits per heavy atom. The van der Waals surface area contributed by atoms with Crippen LogP contribution >= 0.6 is 0 Å². The highest BCUT2D eigenvalue weighted by Gasteiger charge is 2.46. The summed E-state index contributed by atoms with van der Waals surface area (Å²) in [7, 11) is 0. The second-order valence-corrected chi connectivity index (χ2v) is 9.47. The number of nitrogens with one attached hydrogen (secondary N) is 1. The van der Waals surface area contributed by atoms with Gasteiger partial charge < -0.3 is 16.0 Å². The van der Waals surface area contributed by atoms with Crippen LogP contribution in [0.15, 0.2) is 30.5 Å². The van der Waals surface area contributed by atoms with Crippen LogP contribution in [0.4, 0.5) is 24.8 Å². The van der Waals surface area contributed by atoms with Crippen molar-refractivity contribution in [1.29, 1.82) is 0 Å². The van der Waals surface area contributed by atoms with E-state index in [1.165, 1.54) is 16.9 Å². The molecule has 2 aliphatic carbocycles. The van der Waals surface area contributed by atoms with Crippen molar-refractivity contribution in [3.8, 4) is 0 Å². The fourth-order valence-corrected chi connectivity index (χ4v) is 5.13. The molecule has 0 spiro atoms. The first-order valence-corrected chi connectivity index (χ1v) is 11.5. The molecule has 0 bridgehead atoms. The largest absolute Gasteiger partial charge is 0.433 e.